The first-order chi connectivity index (χ1) is 13.8. The summed E-state index contributed by atoms with van der Waals surface area (Å²) >= 11 is 5.29. The van der Waals surface area contributed by atoms with Gasteiger partial charge in [-0.15, -0.1) is 0 Å². The summed E-state index contributed by atoms with van der Waals surface area (Å²) in [6.07, 6.45) is -2.01. The van der Waals surface area contributed by atoms with E-state index in [-0.39, 0.29) is 5.92 Å². The van der Waals surface area contributed by atoms with E-state index in [2.05, 4.69) is 15.7 Å². The van der Waals surface area contributed by atoms with Gasteiger partial charge in [-0.2, -0.15) is 18.3 Å². The fourth-order valence-electron chi connectivity index (χ4n) is 2.97. The van der Waals surface area contributed by atoms with E-state index in [1.807, 2.05) is 0 Å². The number of aromatic nitrogens is 2. The minimum atomic E-state index is -4.42. The average molecular weight is 428 g/mol. The predicted octanol–water partition coefficient (Wildman–Crippen LogP) is 4.17. The Bertz CT molecular complexity index is 866. The molecule has 0 amide bonds. The number of methoxy groups -OCH3 is 2. The van der Waals surface area contributed by atoms with Gasteiger partial charge in [0.2, 0.25) is 0 Å². The number of rotatable bonds is 8. The molecule has 0 unspecified atom stereocenters. The van der Waals surface area contributed by atoms with Gasteiger partial charge in [-0.1, -0.05) is 0 Å². The quantitative estimate of drug-likeness (QED) is 0.486. The van der Waals surface area contributed by atoms with Crippen molar-refractivity contribution in [1.82, 2.24) is 15.1 Å². The van der Waals surface area contributed by atoms with Crippen LogP contribution in [0.5, 0.6) is 11.5 Å². The summed E-state index contributed by atoms with van der Waals surface area (Å²) in [5.74, 6) is 1.46. The molecule has 0 saturated heterocycles. The van der Waals surface area contributed by atoms with Crippen LogP contribution in [0.1, 0.15) is 36.6 Å². The molecule has 29 heavy (non-hydrogen) atoms. The first-order valence-electron chi connectivity index (χ1n) is 9.23. The van der Waals surface area contributed by atoms with E-state index >= 15 is 0 Å². The van der Waals surface area contributed by atoms with Gasteiger partial charge in [-0.3, -0.25) is 4.68 Å². The van der Waals surface area contributed by atoms with Gasteiger partial charge in [-0.05, 0) is 49.7 Å². The maximum absolute atomic E-state index is 12.9. The molecule has 1 saturated carbocycles. The van der Waals surface area contributed by atoms with Crippen molar-refractivity contribution in [3.05, 3.63) is 35.7 Å². The molecule has 1 aliphatic rings. The molecule has 2 N–H and O–H groups in total. The van der Waals surface area contributed by atoms with E-state index in [0.717, 1.165) is 12.8 Å². The number of benzene rings is 1. The standard InChI is InChI=1S/C19H23F3N4O2S/c1-27-13-6-7-16(28-2)14(10-13)24-18(29)23-8-3-9-26-15(12-4-5-12)11-17(25-26)19(20,21)22/h6-7,10-12H,3-5,8-9H2,1-2H3,(H2,23,24,29). The number of halogens is 3. The number of nitrogens with one attached hydrogen (secondary N) is 2. The highest BCUT2D eigenvalue weighted by molar-refractivity contribution is 7.80. The third-order valence-corrected chi connectivity index (χ3v) is 4.83. The first kappa shape index (κ1) is 21.2. The fourth-order valence-corrected chi connectivity index (χ4v) is 3.18. The Morgan fingerprint density at radius 2 is 2.00 bits per heavy atom. The van der Waals surface area contributed by atoms with Gasteiger partial charge in [0, 0.05) is 30.8 Å². The normalized spacial score (nSPS) is 13.8. The Morgan fingerprint density at radius 3 is 2.62 bits per heavy atom. The van der Waals surface area contributed by atoms with Crippen LogP contribution >= 0.6 is 12.2 Å². The van der Waals surface area contributed by atoms with Crippen molar-refractivity contribution < 1.29 is 22.6 Å². The SMILES string of the molecule is COc1ccc(OC)c(NC(=S)NCCCn2nc(C(F)(F)F)cc2C2CC2)c1. The van der Waals surface area contributed by atoms with E-state index in [1.54, 1.807) is 32.4 Å². The molecule has 10 heteroatoms. The zero-order valence-electron chi connectivity index (χ0n) is 16.2. The Morgan fingerprint density at radius 1 is 1.24 bits per heavy atom. The smallest absolute Gasteiger partial charge is 0.435 e. The van der Waals surface area contributed by atoms with Crippen LogP contribution in [0.2, 0.25) is 0 Å². The highest BCUT2D eigenvalue weighted by Gasteiger charge is 2.37. The van der Waals surface area contributed by atoms with Crippen LogP contribution in [0.25, 0.3) is 0 Å². The number of aryl methyl sites for hydroxylation is 1. The molecule has 0 atom stereocenters. The Hall–Kier alpha value is -2.49. The van der Waals surface area contributed by atoms with Crippen LogP contribution in [-0.4, -0.2) is 35.7 Å². The lowest BCUT2D eigenvalue weighted by atomic mass is 10.2. The molecule has 1 aliphatic carbocycles. The number of hydrogen-bond acceptors (Lipinski definition) is 4. The van der Waals surface area contributed by atoms with Gasteiger partial charge in [0.15, 0.2) is 10.8 Å². The lowest BCUT2D eigenvalue weighted by Crippen LogP contribution is -2.30. The van der Waals surface area contributed by atoms with E-state index in [1.165, 1.54) is 10.7 Å². The third kappa shape index (κ3) is 5.53. The molecule has 0 bridgehead atoms. The summed E-state index contributed by atoms with van der Waals surface area (Å²) in [7, 11) is 3.12. The number of nitrogens with zero attached hydrogens (tertiary/aromatic N) is 2. The van der Waals surface area contributed by atoms with Crippen molar-refractivity contribution in [2.45, 2.75) is 37.9 Å². The number of hydrogen-bond donors (Lipinski definition) is 2. The lowest BCUT2D eigenvalue weighted by Gasteiger charge is -2.14. The summed E-state index contributed by atoms with van der Waals surface area (Å²) < 4.78 is 50.8. The van der Waals surface area contributed by atoms with Crippen molar-refractivity contribution in [3.8, 4) is 11.5 Å². The Kier molecular flexibility index (Phi) is 6.51. The molecule has 0 spiro atoms. The molecule has 0 radical (unpaired) electrons. The van der Waals surface area contributed by atoms with Crippen LogP contribution < -0.4 is 20.1 Å². The number of thiocarbonyl (C=S) groups is 1. The van der Waals surface area contributed by atoms with Crippen LogP contribution in [0, 0.1) is 0 Å². The van der Waals surface area contributed by atoms with Gasteiger partial charge >= 0.3 is 6.18 Å². The highest BCUT2D eigenvalue weighted by Crippen LogP contribution is 2.42. The molecule has 6 nitrogen and oxygen atoms in total. The summed E-state index contributed by atoms with van der Waals surface area (Å²) in [4.78, 5) is 0. The maximum Gasteiger partial charge on any atom is 0.435 e. The lowest BCUT2D eigenvalue weighted by molar-refractivity contribution is -0.141. The first-order valence-corrected chi connectivity index (χ1v) is 9.64. The molecular formula is C19H23F3N4O2S. The third-order valence-electron chi connectivity index (χ3n) is 4.58. The molecular weight excluding hydrogens is 405 g/mol. The van der Waals surface area contributed by atoms with Crippen molar-refractivity contribution in [2.75, 3.05) is 26.1 Å². The summed E-state index contributed by atoms with van der Waals surface area (Å²) in [6, 6.07) is 6.47. The largest absolute Gasteiger partial charge is 0.497 e. The fraction of sp³-hybridized carbons (Fsp3) is 0.474. The highest BCUT2D eigenvalue weighted by atomic mass is 32.1. The molecule has 1 heterocycles. The average Bonchev–Trinajstić information content (AvgIpc) is 3.43. The second kappa shape index (κ2) is 8.89. The van der Waals surface area contributed by atoms with Crippen molar-refractivity contribution >= 4 is 23.0 Å². The van der Waals surface area contributed by atoms with Crippen molar-refractivity contribution in [3.63, 3.8) is 0 Å². The number of anilines is 1. The van der Waals surface area contributed by atoms with E-state index in [0.29, 0.717) is 47.5 Å². The predicted molar refractivity (Wildman–Crippen MR) is 108 cm³/mol. The Balaban J connectivity index is 1.52. The second-order valence-electron chi connectivity index (χ2n) is 6.75. The van der Waals surface area contributed by atoms with Crippen molar-refractivity contribution in [1.29, 1.82) is 0 Å². The number of alkyl halides is 3. The molecule has 1 aromatic carbocycles. The van der Waals surface area contributed by atoms with Crippen LogP contribution in [0.3, 0.4) is 0 Å². The van der Waals surface area contributed by atoms with Crippen LogP contribution in [0.15, 0.2) is 24.3 Å². The summed E-state index contributed by atoms with van der Waals surface area (Å²) in [5, 5.41) is 10.2. The molecule has 1 fully saturated rings. The molecule has 1 aromatic heterocycles. The summed E-state index contributed by atoms with van der Waals surface area (Å²) in [6.45, 7) is 0.878. The van der Waals surface area contributed by atoms with E-state index < -0.39 is 11.9 Å². The molecule has 3 rings (SSSR count). The zero-order chi connectivity index (χ0) is 21.0. The van der Waals surface area contributed by atoms with Gasteiger partial charge in [-0.25, -0.2) is 0 Å². The van der Waals surface area contributed by atoms with E-state index in [9.17, 15) is 13.2 Å². The zero-order valence-corrected chi connectivity index (χ0v) is 17.0. The molecule has 158 valence electrons. The van der Waals surface area contributed by atoms with Crippen LogP contribution in [-0.2, 0) is 12.7 Å². The minimum Gasteiger partial charge on any atom is -0.497 e. The Labute approximate surface area is 172 Å². The second-order valence-corrected chi connectivity index (χ2v) is 7.16. The van der Waals surface area contributed by atoms with Crippen molar-refractivity contribution in [2.24, 2.45) is 0 Å². The van der Waals surface area contributed by atoms with Gasteiger partial charge in [0.1, 0.15) is 11.5 Å². The minimum absolute atomic E-state index is 0.190. The number of ether oxygens (including phenoxy) is 2. The van der Waals surface area contributed by atoms with Crippen LogP contribution in [0.4, 0.5) is 18.9 Å². The molecule has 2 aromatic rings. The van der Waals surface area contributed by atoms with Gasteiger partial charge < -0.3 is 20.1 Å². The molecule has 0 aliphatic heterocycles. The maximum atomic E-state index is 12.9. The van der Waals surface area contributed by atoms with Gasteiger partial charge in [0.05, 0.1) is 19.9 Å². The monoisotopic (exact) mass is 428 g/mol. The topological polar surface area (TPSA) is 60.3 Å². The summed E-state index contributed by atoms with van der Waals surface area (Å²) in [5.41, 5.74) is 0.496. The van der Waals surface area contributed by atoms with Gasteiger partial charge in [0.25, 0.3) is 0 Å². The van der Waals surface area contributed by atoms with E-state index in [4.69, 9.17) is 21.7 Å².